The summed E-state index contributed by atoms with van der Waals surface area (Å²) in [5.74, 6) is -1.60. The number of nitrogens with zero attached hydrogens (tertiary/aromatic N) is 1. The highest BCUT2D eigenvalue weighted by molar-refractivity contribution is 5.91. The van der Waals surface area contributed by atoms with Crippen LogP contribution in [0.3, 0.4) is 0 Å². The van der Waals surface area contributed by atoms with E-state index in [1.807, 2.05) is 0 Å². The fraction of sp³-hybridized carbons (Fsp3) is 0.462. The van der Waals surface area contributed by atoms with Crippen LogP contribution in [0.2, 0.25) is 0 Å². The topological polar surface area (TPSA) is 85.7 Å². The van der Waals surface area contributed by atoms with Crippen LogP contribution in [0.15, 0.2) is 12.1 Å². The molecule has 1 heterocycles. The summed E-state index contributed by atoms with van der Waals surface area (Å²) in [6, 6.07) is 2.67. The van der Waals surface area contributed by atoms with Gasteiger partial charge in [-0.05, 0) is 6.42 Å². The van der Waals surface area contributed by atoms with Gasteiger partial charge in [0.1, 0.15) is 5.75 Å². The van der Waals surface area contributed by atoms with E-state index in [0.717, 1.165) is 19.3 Å². The lowest BCUT2D eigenvalue weighted by atomic mass is 10.2. The number of rotatable bonds is 7. The molecule has 6 nitrogen and oxygen atoms in total. The third-order valence-electron chi connectivity index (χ3n) is 2.43. The van der Waals surface area contributed by atoms with E-state index >= 15 is 0 Å². The maximum absolute atomic E-state index is 11.4. The number of hydrogen-bond donors (Lipinski definition) is 1. The van der Waals surface area contributed by atoms with Crippen LogP contribution in [0.25, 0.3) is 0 Å². The molecule has 0 aliphatic heterocycles. The van der Waals surface area contributed by atoms with Crippen molar-refractivity contribution in [2.45, 2.75) is 26.2 Å². The maximum Gasteiger partial charge on any atom is 0.356 e. The SMILES string of the molecule is CCCCCOc1cc(C(=O)O)nc(C(=O)OC)c1. The Morgan fingerprint density at radius 2 is 1.95 bits per heavy atom. The van der Waals surface area contributed by atoms with Crippen LogP contribution in [-0.4, -0.2) is 35.7 Å². The monoisotopic (exact) mass is 267 g/mol. The molecule has 0 spiro atoms. The van der Waals surface area contributed by atoms with Gasteiger partial charge < -0.3 is 14.6 Å². The number of pyridine rings is 1. The van der Waals surface area contributed by atoms with Crippen LogP contribution >= 0.6 is 0 Å². The third-order valence-corrected chi connectivity index (χ3v) is 2.43. The number of carboxylic acid groups (broad SMARTS) is 1. The Hall–Kier alpha value is -2.11. The lowest BCUT2D eigenvalue weighted by Crippen LogP contribution is -2.10. The molecule has 0 saturated heterocycles. The molecule has 0 aliphatic rings. The molecule has 0 bridgehead atoms. The summed E-state index contributed by atoms with van der Waals surface area (Å²) in [6.45, 7) is 2.54. The summed E-state index contributed by atoms with van der Waals surface area (Å²) in [5, 5.41) is 8.93. The van der Waals surface area contributed by atoms with Crippen molar-refractivity contribution in [3.63, 3.8) is 0 Å². The molecule has 0 atom stereocenters. The lowest BCUT2D eigenvalue weighted by molar-refractivity contribution is 0.0593. The Morgan fingerprint density at radius 1 is 1.26 bits per heavy atom. The number of esters is 1. The van der Waals surface area contributed by atoms with Crippen LogP contribution in [-0.2, 0) is 4.74 Å². The van der Waals surface area contributed by atoms with Crippen molar-refractivity contribution >= 4 is 11.9 Å². The highest BCUT2D eigenvalue weighted by Gasteiger charge is 2.15. The van der Waals surface area contributed by atoms with E-state index < -0.39 is 11.9 Å². The molecular weight excluding hydrogens is 250 g/mol. The van der Waals surface area contributed by atoms with Crippen molar-refractivity contribution in [1.29, 1.82) is 0 Å². The fourth-order valence-electron chi connectivity index (χ4n) is 1.45. The zero-order chi connectivity index (χ0) is 14.3. The van der Waals surface area contributed by atoms with E-state index in [0.29, 0.717) is 12.4 Å². The fourth-order valence-corrected chi connectivity index (χ4v) is 1.45. The van der Waals surface area contributed by atoms with Gasteiger partial charge in [-0.25, -0.2) is 14.6 Å². The van der Waals surface area contributed by atoms with Gasteiger partial charge in [-0.3, -0.25) is 0 Å². The Balaban J connectivity index is 2.87. The molecule has 1 rings (SSSR count). The molecule has 104 valence electrons. The van der Waals surface area contributed by atoms with Gasteiger partial charge in [-0.15, -0.1) is 0 Å². The summed E-state index contributed by atoms with van der Waals surface area (Å²) in [6.07, 6.45) is 2.96. The van der Waals surface area contributed by atoms with Crippen molar-refractivity contribution in [3.8, 4) is 5.75 Å². The van der Waals surface area contributed by atoms with E-state index in [1.165, 1.54) is 19.2 Å². The van der Waals surface area contributed by atoms with Crippen LogP contribution in [0.5, 0.6) is 5.75 Å². The first-order chi connectivity index (χ1) is 9.08. The first kappa shape index (κ1) is 14.9. The van der Waals surface area contributed by atoms with E-state index in [9.17, 15) is 9.59 Å². The number of aromatic nitrogens is 1. The number of methoxy groups -OCH3 is 1. The van der Waals surface area contributed by atoms with Gasteiger partial charge in [0.05, 0.1) is 13.7 Å². The summed E-state index contributed by atoms with van der Waals surface area (Å²) < 4.78 is 9.94. The predicted molar refractivity (Wildman–Crippen MR) is 67.6 cm³/mol. The molecular formula is C13H17NO5. The van der Waals surface area contributed by atoms with Gasteiger partial charge in [0.15, 0.2) is 11.4 Å². The number of ether oxygens (including phenoxy) is 2. The van der Waals surface area contributed by atoms with Gasteiger partial charge in [0, 0.05) is 12.1 Å². The number of unbranched alkanes of at least 4 members (excludes halogenated alkanes) is 2. The molecule has 1 N–H and O–H groups in total. The number of carbonyl (C=O) groups excluding carboxylic acids is 1. The molecule has 0 saturated carbocycles. The number of carboxylic acids is 1. The first-order valence-corrected chi connectivity index (χ1v) is 6.05. The quantitative estimate of drug-likeness (QED) is 0.601. The van der Waals surface area contributed by atoms with Crippen molar-refractivity contribution < 1.29 is 24.2 Å². The summed E-state index contributed by atoms with van der Waals surface area (Å²) in [7, 11) is 1.21. The number of hydrogen-bond acceptors (Lipinski definition) is 5. The van der Waals surface area contributed by atoms with Crippen molar-refractivity contribution in [2.24, 2.45) is 0 Å². The predicted octanol–water partition coefficient (Wildman–Crippen LogP) is 2.14. The standard InChI is InChI=1S/C13H17NO5/c1-3-4-5-6-19-9-7-10(12(15)16)14-11(8-9)13(17)18-2/h7-8H,3-6H2,1-2H3,(H,15,16). The van der Waals surface area contributed by atoms with Crippen molar-refractivity contribution in [2.75, 3.05) is 13.7 Å². The molecule has 19 heavy (non-hydrogen) atoms. The number of aromatic carboxylic acids is 1. The van der Waals surface area contributed by atoms with Crippen LogP contribution in [0.4, 0.5) is 0 Å². The van der Waals surface area contributed by atoms with E-state index in [4.69, 9.17) is 9.84 Å². The molecule has 0 amide bonds. The second-order valence-electron chi connectivity index (χ2n) is 3.93. The minimum Gasteiger partial charge on any atom is -0.493 e. The van der Waals surface area contributed by atoms with Gasteiger partial charge in [-0.2, -0.15) is 0 Å². The normalized spacial score (nSPS) is 10.0. The smallest absolute Gasteiger partial charge is 0.356 e. The highest BCUT2D eigenvalue weighted by atomic mass is 16.5. The van der Waals surface area contributed by atoms with Gasteiger partial charge in [-0.1, -0.05) is 19.8 Å². The second kappa shape index (κ2) is 7.35. The molecule has 6 heteroatoms. The van der Waals surface area contributed by atoms with Crippen molar-refractivity contribution in [3.05, 3.63) is 23.5 Å². The molecule has 0 radical (unpaired) electrons. The zero-order valence-electron chi connectivity index (χ0n) is 11.0. The van der Waals surface area contributed by atoms with Gasteiger partial charge in [0.2, 0.25) is 0 Å². The maximum atomic E-state index is 11.4. The van der Waals surface area contributed by atoms with E-state index in [-0.39, 0.29) is 11.4 Å². The van der Waals surface area contributed by atoms with Crippen LogP contribution in [0.1, 0.15) is 47.2 Å². The van der Waals surface area contributed by atoms with E-state index in [1.54, 1.807) is 0 Å². The molecule has 0 fully saturated rings. The third kappa shape index (κ3) is 4.57. The zero-order valence-corrected chi connectivity index (χ0v) is 11.0. The molecule has 1 aromatic rings. The first-order valence-electron chi connectivity index (χ1n) is 6.05. The summed E-state index contributed by atoms with van der Waals surface area (Å²) >= 11 is 0. The largest absolute Gasteiger partial charge is 0.493 e. The van der Waals surface area contributed by atoms with Crippen LogP contribution < -0.4 is 4.74 Å². The highest BCUT2D eigenvalue weighted by Crippen LogP contribution is 2.16. The minimum absolute atomic E-state index is 0.0760. The van der Waals surface area contributed by atoms with E-state index in [2.05, 4.69) is 16.6 Å². The Morgan fingerprint density at radius 3 is 2.53 bits per heavy atom. The van der Waals surface area contributed by atoms with Crippen molar-refractivity contribution in [1.82, 2.24) is 4.98 Å². The Kier molecular flexibility index (Phi) is 5.78. The molecule has 1 aromatic heterocycles. The summed E-state index contributed by atoms with van der Waals surface area (Å²) in [4.78, 5) is 26.0. The minimum atomic E-state index is -1.22. The molecule has 0 unspecified atom stereocenters. The molecule has 0 aliphatic carbocycles. The molecule has 0 aromatic carbocycles. The van der Waals surface area contributed by atoms with Crippen LogP contribution in [0, 0.1) is 0 Å². The average molecular weight is 267 g/mol. The average Bonchev–Trinajstić information content (AvgIpc) is 2.42. The number of carbonyl (C=O) groups is 2. The Labute approximate surface area is 111 Å². The Bertz CT molecular complexity index is 458. The van der Waals surface area contributed by atoms with Gasteiger partial charge >= 0.3 is 11.9 Å². The summed E-state index contributed by atoms with van der Waals surface area (Å²) in [5.41, 5.74) is -0.318. The lowest BCUT2D eigenvalue weighted by Gasteiger charge is -2.08. The second-order valence-corrected chi connectivity index (χ2v) is 3.93. The van der Waals surface area contributed by atoms with Gasteiger partial charge in [0.25, 0.3) is 0 Å².